The van der Waals surface area contributed by atoms with E-state index in [2.05, 4.69) is 6.58 Å². The summed E-state index contributed by atoms with van der Waals surface area (Å²) in [5.41, 5.74) is 0.313. The Morgan fingerprint density at radius 2 is 1.53 bits per heavy atom. The highest BCUT2D eigenvalue weighted by atomic mass is 28.3. The van der Waals surface area contributed by atoms with Gasteiger partial charge in [0.25, 0.3) is 11.9 Å². The summed E-state index contributed by atoms with van der Waals surface area (Å²) in [5, 5.41) is 0. The molecule has 0 aliphatic carbocycles. The lowest BCUT2D eigenvalue weighted by Gasteiger charge is -2.14. The molecule has 0 heterocycles. The van der Waals surface area contributed by atoms with Gasteiger partial charge in [0.2, 0.25) is 0 Å². The fraction of sp³-hybridized carbons (Fsp3) is 0.545. The highest BCUT2D eigenvalue weighted by Gasteiger charge is 2.22. The molecule has 0 radical (unpaired) electrons. The molecular formula is C11H18O7Si. The SMILES string of the molecule is C=C(C)C(=O)OCCCO[SiH](OC(C)=O)OC(C)=O. The molecule has 0 aromatic heterocycles. The molecule has 0 atom stereocenters. The van der Waals surface area contributed by atoms with Crippen LogP contribution in [0.4, 0.5) is 0 Å². The second kappa shape index (κ2) is 9.28. The Morgan fingerprint density at radius 1 is 1.00 bits per heavy atom. The second-order valence-corrected chi connectivity index (χ2v) is 5.03. The van der Waals surface area contributed by atoms with E-state index in [1.807, 2.05) is 0 Å². The van der Waals surface area contributed by atoms with Crippen LogP contribution in [0.25, 0.3) is 0 Å². The van der Waals surface area contributed by atoms with Gasteiger partial charge in [0.15, 0.2) is 0 Å². The van der Waals surface area contributed by atoms with Gasteiger partial charge in [-0.1, -0.05) is 6.58 Å². The summed E-state index contributed by atoms with van der Waals surface area (Å²) < 4.78 is 19.5. The second-order valence-electron chi connectivity index (χ2n) is 3.65. The molecule has 0 fully saturated rings. The molecule has 0 bridgehead atoms. The molecule has 0 aliphatic heterocycles. The van der Waals surface area contributed by atoms with Crippen molar-refractivity contribution in [2.75, 3.05) is 13.2 Å². The van der Waals surface area contributed by atoms with E-state index < -0.39 is 27.4 Å². The molecule has 0 aliphatic rings. The zero-order valence-electron chi connectivity index (χ0n) is 11.3. The van der Waals surface area contributed by atoms with Gasteiger partial charge in [0, 0.05) is 32.4 Å². The van der Waals surface area contributed by atoms with Crippen LogP contribution >= 0.6 is 0 Å². The Kier molecular flexibility index (Phi) is 8.47. The fourth-order valence-corrected chi connectivity index (χ4v) is 1.98. The highest BCUT2D eigenvalue weighted by Crippen LogP contribution is 1.98. The number of carbonyl (C=O) groups is 3. The molecule has 0 saturated heterocycles. The molecule has 19 heavy (non-hydrogen) atoms. The summed E-state index contributed by atoms with van der Waals surface area (Å²) in [4.78, 5) is 32.5. The molecule has 0 amide bonds. The molecule has 0 spiro atoms. The molecule has 0 aromatic carbocycles. The van der Waals surface area contributed by atoms with Crippen molar-refractivity contribution in [1.29, 1.82) is 0 Å². The summed E-state index contributed by atoms with van der Waals surface area (Å²) in [6.45, 7) is 7.67. The van der Waals surface area contributed by atoms with Crippen molar-refractivity contribution in [2.24, 2.45) is 0 Å². The monoisotopic (exact) mass is 290 g/mol. The third-order valence-corrected chi connectivity index (χ3v) is 3.21. The molecule has 0 unspecified atom stereocenters. The Hall–Kier alpha value is -1.67. The van der Waals surface area contributed by atoms with Gasteiger partial charge in [-0.05, 0) is 6.92 Å². The van der Waals surface area contributed by atoms with Crippen LogP contribution in [0.3, 0.4) is 0 Å². The van der Waals surface area contributed by atoms with Crippen LogP contribution in [0.1, 0.15) is 27.2 Å². The Bertz CT molecular complexity index is 337. The van der Waals surface area contributed by atoms with E-state index in [-0.39, 0.29) is 13.2 Å². The van der Waals surface area contributed by atoms with Gasteiger partial charge >= 0.3 is 15.5 Å². The van der Waals surface area contributed by atoms with Crippen LogP contribution < -0.4 is 0 Å². The van der Waals surface area contributed by atoms with Crippen LogP contribution in [0.5, 0.6) is 0 Å². The maximum atomic E-state index is 11.0. The van der Waals surface area contributed by atoms with Crippen molar-refractivity contribution < 1.29 is 32.4 Å². The molecular weight excluding hydrogens is 272 g/mol. The minimum atomic E-state index is -2.79. The Balaban J connectivity index is 3.86. The number of rotatable bonds is 8. The van der Waals surface area contributed by atoms with Gasteiger partial charge < -0.3 is 18.0 Å². The molecule has 0 aromatic rings. The Morgan fingerprint density at radius 3 is 1.95 bits per heavy atom. The summed E-state index contributed by atoms with van der Waals surface area (Å²) in [6.07, 6.45) is 0.394. The minimum Gasteiger partial charge on any atom is -0.467 e. The molecule has 0 rings (SSSR count). The first-order chi connectivity index (χ1) is 8.82. The van der Waals surface area contributed by atoms with E-state index in [0.29, 0.717) is 12.0 Å². The summed E-state index contributed by atoms with van der Waals surface area (Å²) in [7, 11) is -2.79. The summed E-state index contributed by atoms with van der Waals surface area (Å²) in [6, 6.07) is 0. The number of hydrogen-bond donors (Lipinski definition) is 0. The minimum absolute atomic E-state index is 0.146. The number of ether oxygens (including phenoxy) is 1. The van der Waals surface area contributed by atoms with Crippen molar-refractivity contribution in [3.8, 4) is 0 Å². The topological polar surface area (TPSA) is 88.1 Å². The third-order valence-electron chi connectivity index (χ3n) is 1.65. The predicted molar refractivity (Wildman–Crippen MR) is 67.0 cm³/mol. The first kappa shape index (κ1) is 17.3. The van der Waals surface area contributed by atoms with Gasteiger partial charge in [-0.15, -0.1) is 0 Å². The summed E-state index contributed by atoms with van der Waals surface area (Å²) >= 11 is 0. The smallest absolute Gasteiger partial charge is 0.467 e. The predicted octanol–water partition coefficient (Wildman–Crippen LogP) is 0.356. The average molecular weight is 290 g/mol. The van der Waals surface area contributed by atoms with Crippen molar-refractivity contribution in [2.45, 2.75) is 27.2 Å². The standard InChI is InChI=1S/C11H18O7Si/c1-8(2)11(14)15-6-5-7-16-19(17-9(3)12)18-10(4)13/h19H,1,5-7H2,2-4H3. The largest absolute Gasteiger partial charge is 0.619 e. The zero-order valence-corrected chi connectivity index (χ0v) is 12.4. The van der Waals surface area contributed by atoms with Gasteiger partial charge in [0.05, 0.1) is 6.61 Å². The number of hydrogen-bond acceptors (Lipinski definition) is 7. The van der Waals surface area contributed by atoms with E-state index in [0.717, 1.165) is 0 Å². The van der Waals surface area contributed by atoms with Crippen molar-refractivity contribution in [3.05, 3.63) is 12.2 Å². The maximum absolute atomic E-state index is 11.0. The normalized spacial score (nSPS) is 9.89. The lowest BCUT2D eigenvalue weighted by molar-refractivity contribution is -0.140. The van der Waals surface area contributed by atoms with E-state index >= 15 is 0 Å². The molecule has 0 N–H and O–H groups in total. The van der Waals surface area contributed by atoms with E-state index in [4.69, 9.17) is 18.0 Å². The van der Waals surface area contributed by atoms with E-state index in [1.165, 1.54) is 13.8 Å². The molecule has 108 valence electrons. The fourth-order valence-electron chi connectivity index (χ4n) is 0.890. The number of carbonyl (C=O) groups excluding carboxylic acids is 3. The van der Waals surface area contributed by atoms with Crippen molar-refractivity contribution >= 4 is 27.4 Å². The van der Waals surface area contributed by atoms with E-state index in [1.54, 1.807) is 6.92 Å². The quantitative estimate of drug-likeness (QED) is 0.276. The van der Waals surface area contributed by atoms with Crippen LogP contribution in [-0.2, 0) is 32.4 Å². The van der Waals surface area contributed by atoms with Crippen LogP contribution in [0, 0.1) is 0 Å². The van der Waals surface area contributed by atoms with Gasteiger partial charge in [-0.2, -0.15) is 0 Å². The average Bonchev–Trinajstić information content (AvgIpc) is 2.26. The molecule has 8 heteroatoms. The van der Waals surface area contributed by atoms with Gasteiger partial charge in [-0.3, -0.25) is 9.59 Å². The first-order valence-electron chi connectivity index (χ1n) is 5.61. The first-order valence-corrected chi connectivity index (χ1v) is 7.03. The van der Waals surface area contributed by atoms with Crippen molar-refractivity contribution in [3.63, 3.8) is 0 Å². The van der Waals surface area contributed by atoms with Crippen LogP contribution in [0.2, 0.25) is 0 Å². The zero-order chi connectivity index (χ0) is 14.8. The third kappa shape index (κ3) is 9.98. The summed E-state index contributed by atoms with van der Waals surface area (Å²) in [5.74, 6) is -1.63. The molecule has 7 nitrogen and oxygen atoms in total. The molecule has 0 saturated carbocycles. The van der Waals surface area contributed by atoms with Crippen LogP contribution in [0.15, 0.2) is 12.2 Å². The van der Waals surface area contributed by atoms with Crippen molar-refractivity contribution in [1.82, 2.24) is 0 Å². The Labute approximate surface area is 113 Å². The highest BCUT2D eigenvalue weighted by molar-refractivity contribution is 6.41. The van der Waals surface area contributed by atoms with Crippen LogP contribution in [-0.4, -0.2) is 40.6 Å². The lowest BCUT2D eigenvalue weighted by Crippen LogP contribution is -2.31. The van der Waals surface area contributed by atoms with E-state index in [9.17, 15) is 14.4 Å². The maximum Gasteiger partial charge on any atom is 0.619 e. The van der Waals surface area contributed by atoms with Gasteiger partial charge in [-0.25, -0.2) is 4.79 Å². The lowest BCUT2D eigenvalue weighted by atomic mass is 10.4. The number of esters is 1. The van der Waals surface area contributed by atoms with Gasteiger partial charge in [0.1, 0.15) is 0 Å².